The van der Waals surface area contributed by atoms with E-state index in [1.807, 2.05) is 0 Å². The highest BCUT2D eigenvalue weighted by Gasteiger charge is 2.31. The van der Waals surface area contributed by atoms with Crippen molar-refractivity contribution in [1.82, 2.24) is 4.72 Å². The van der Waals surface area contributed by atoms with E-state index in [0.29, 0.717) is 5.92 Å². The highest BCUT2D eigenvalue weighted by atomic mass is 35.5. The molecule has 0 spiro atoms. The van der Waals surface area contributed by atoms with E-state index >= 15 is 0 Å². The van der Waals surface area contributed by atoms with E-state index in [4.69, 9.17) is 17.3 Å². The Morgan fingerprint density at radius 1 is 1.41 bits per heavy atom. The third-order valence-electron chi connectivity index (χ3n) is 2.96. The van der Waals surface area contributed by atoms with Crippen molar-refractivity contribution in [2.24, 2.45) is 5.92 Å². The van der Waals surface area contributed by atoms with Crippen LogP contribution in [0.2, 0.25) is 5.02 Å². The molecule has 1 aliphatic rings. The van der Waals surface area contributed by atoms with Gasteiger partial charge in [0.05, 0.1) is 10.7 Å². The quantitative estimate of drug-likeness (QED) is 0.828. The van der Waals surface area contributed by atoms with Crippen LogP contribution in [0.25, 0.3) is 0 Å². The van der Waals surface area contributed by atoms with Crippen molar-refractivity contribution in [2.75, 3.05) is 5.73 Å². The van der Waals surface area contributed by atoms with Crippen LogP contribution in [0.15, 0.2) is 23.1 Å². The molecule has 3 N–H and O–H groups in total. The molecule has 94 valence electrons. The third-order valence-corrected chi connectivity index (χ3v) is 5.03. The predicted molar refractivity (Wildman–Crippen MR) is 68.4 cm³/mol. The maximum atomic E-state index is 12.1. The monoisotopic (exact) mass is 274 g/mol. The second-order valence-electron chi connectivity index (χ2n) is 4.55. The molecular weight excluding hydrogens is 260 g/mol. The van der Waals surface area contributed by atoms with Gasteiger partial charge < -0.3 is 5.73 Å². The molecule has 17 heavy (non-hydrogen) atoms. The van der Waals surface area contributed by atoms with E-state index in [1.165, 1.54) is 12.1 Å². The smallest absolute Gasteiger partial charge is 0.244 e. The summed E-state index contributed by atoms with van der Waals surface area (Å²) in [4.78, 5) is -0.0128. The Kier molecular flexibility index (Phi) is 3.34. The van der Waals surface area contributed by atoms with Gasteiger partial charge in [-0.3, -0.25) is 0 Å². The van der Waals surface area contributed by atoms with Gasteiger partial charge in [0.25, 0.3) is 0 Å². The standard InChI is InChI=1S/C11H15ClN2O2S/c1-7-5-8(6-7)14-17(15,16)11-9(12)3-2-4-10(11)13/h2-4,7-8,14H,5-6,13H2,1H3. The maximum absolute atomic E-state index is 12.1. The average Bonchev–Trinajstić information content (AvgIpc) is 2.14. The van der Waals surface area contributed by atoms with Gasteiger partial charge in [0.15, 0.2) is 0 Å². The zero-order valence-corrected chi connectivity index (χ0v) is 11.1. The Bertz CT molecular complexity index is 504. The lowest BCUT2D eigenvalue weighted by molar-refractivity contribution is 0.270. The second-order valence-corrected chi connectivity index (χ2v) is 6.61. The number of nitrogens with two attached hydrogens (primary N) is 1. The summed E-state index contributed by atoms with van der Waals surface area (Å²) in [5.41, 5.74) is 5.84. The number of sulfonamides is 1. The topological polar surface area (TPSA) is 72.2 Å². The number of nitrogen functional groups attached to an aromatic ring is 1. The fourth-order valence-corrected chi connectivity index (χ4v) is 4.02. The van der Waals surface area contributed by atoms with E-state index in [-0.39, 0.29) is 21.6 Å². The van der Waals surface area contributed by atoms with Gasteiger partial charge in [-0.15, -0.1) is 0 Å². The maximum Gasteiger partial charge on any atom is 0.244 e. The van der Waals surface area contributed by atoms with Crippen molar-refractivity contribution >= 4 is 27.3 Å². The molecule has 0 atom stereocenters. The molecule has 0 aromatic heterocycles. The zero-order valence-electron chi connectivity index (χ0n) is 9.48. The highest BCUT2D eigenvalue weighted by molar-refractivity contribution is 7.89. The number of halogens is 1. The number of anilines is 1. The molecule has 6 heteroatoms. The number of rotatable bonds is 3. The molecule has 0 bridgehead atoms. The van der Waals surface area contributed by atoms with Crippen LogP contribution >= 0.6 is 11.6 Å². The summed E-state index contributed by atoms with van der Waals surface area (Å²) in [7, 11) is -3.61. The van der Waals surface area contributed by atoms with Gasteiger partial charge >= 0.3 is 0 Å². The van der Waals surface area contributed by atoms with Crippen LogP contribution in [0, 0.1) is 5.92 Å². The summed E-state index contributed by atoms with van der Waals surface area (Å²) in [6.45, 7) is 2.09. The minimum absolute atomic E-state index is 0.00525. The Hall–Kier alpha value is -0.780. The SMILES string of the molecule is CC1CC(NS(=O)(=O)c2c(N)cccc2Cl)C1. The molecule has 1 aromatic rings. The molecule has 2 rings (SSSR count). The minimum Gasteiger partial charge on any atom is -0.398 e. The molecule has 0 unspecified atom stereocenters. The predicted octanol–water partition coefficient (Wildman–Crippen LogP) is 2.00. The molecule has 1 aliphatic carbocycles. The van der Waals surface area contributed by atoms with Crippen molar-refractivity contribution in [2.45, 2.75) is 30.7 Å². The Labute approximate surface area is 106 Å². The molecule has 0 saturated heterocycles. The van der Waals surface area contributed by atoms with Crippen molar-refractivity contribution in [3.05, 3.63) is 23.2 Å². The van der Waals surface area contributed by atoms with Crippen LogP contribution in [0.1, 0.15) is 19.8 Å². The second kappa shape index (κ2) is 4.48. The fraction of sp³-hybridized carbons (Fsp3) is 0.455. The Morgan fingerprint density at radius 3 is 2.59 bits per heavy atom. The first kappa shape index (κ1) is 12.7. The van der Waals surface area contributed by atoms with Crippen LogP contribution < -0.4 is 10.5 Å². The minimum atomic E-state index is -3.61. The van der Waals surface area contributed by atoms with Crippen LogP contribution in [-0.2, 0) is 10.0 Å². The first-order valence-electron chi connectivity index (χ1n) is 5.46. The van der Waals surface area contributed by atoms with Crippen molar-refractivity contribution < 1.29 is 8.42 Å². The van der Waals surface area contributed by atoms with Gasteiger partial charge in [-0.1, -0.05) is 24.6 Å². The summed E-state index contributed by atoms with van der Waals surface area (Å²) in [5, 5.41) is 0.157. The number of nitrogens with one attached hydrogen (secondary N) is 1. The largest absolute Gasteiger partial charge is 0.398 e. The van der Waals surface area contributed by atoms with Gasteiger partial charge in [0.1, 0.15) is 4.90 Å². The van der Waals surface area contributed by atoms with Crippen LogP contribution in [0.5, 0.6) is 0 Å². The van der Waals surface area contributed by atoms with Crippen molar-refractivity contribution in [3.63, 3.8) is 0 Å². The summed E-state index contributed by atoms with van der Waals surface area (Å²) in [6, 6.07) is 4.69. The van der Waals surface area contributed by atoms with E-state index < -0.39 is 10.0 Å². The molecule has 0 aliphatic heterocycles. The number of hydrogen-bond donors (Lipinski definition) is 2. The number of hydrogen-bond acceptors (Lipinski definition) is 3. The zero-order chi connectivity index (χ0) is 12.6. The first-order chi connectivity index (χ1) is 7.90. The van der Waals surface area contributed by atoms with Crippen molar-refractivity contribution in [3.8, 4) is 0 Å². The Morgan fingerprint density at radius 2 is 2.06 bits per heavy atom. The third kappa shape index (κ3) is 2.56. The van der Waals surface area contributed by atoms with E-state index in [2.05, 4.69) is 11.6 Å². The lowest BCUT2D eigenvalue weighted by Gasteiger charge is -2.33. The lowest BCUT2D eigenvalue weighted by atomic mass is 9.83. The lowest BCUT2D eigenvalue weighted by Crippen LogP contribution is -2.43. The molecule has 4 nitrogen and oxygen atoms in total. The highest BCUT2D eigenvalue weighted by Crippen LogP contribution is 2.31. The van der Waals surface area contributed by atoms with Gasteiger partial charge in [-0.2, -0.15) is 0 Å². The summed E-state index contributed by atoms with van der Waals surface area (Å²) < 4.78 is 26.8. The van der Waals surface area contributed by atoms with Crippen molar-refractivity contribution in [1.29, 1.82) is 0 Å². The number of benzene rings is 1. The van der Waals surface area contributed by atoms with Gasteiger partial charge in [-0.25, -0.2) is 13.1 Å². The molecule has 1 aromatic carbocycles. The molecule has 0 heterocycles. The normalized spacial score (nSPS) is 24.4. The van der Waals surface area contributed by atoms with E-state index in [1.54, 1.807) is 6.07 Å². The van der Waals surface area contributed by atoms with Crippen LogP contribution in [0.3, 0.4) is 0 Å². The summed E-state index contributed by atoms with van der Waals surface area (Å²) in [5.74, 6) is 0.575. The molecule has 1 fully saturated rings. The fourth-order valence-electron chi connectivity index (χ4n) is 2.09. The van der Waals surface area contributed by atoms with E-state index in [0.717, 1.165) is 12.8 Å². The van der Waals surface area contributed by atoms with Gasteiger partial charge in [0, 0.05) is 6.04 Å². The van der Waals surface area contributed by atoms with E-state index in [9.17, 15) is 8.42 Å². The summed E-state index contributed by atoms with van der Waals surface area (Å²) in [6.07, 6.45) is 1.73. The molecule has 0 radical (unpaired) electrons. The molecular formula is C11H15ClN2O2S. The Balaban J connectivity index is 2.26. The molecule has 1 saturated carbocycles. The average molecular weight is 275 g/mol. The molecule has 0 amide bonds. The van der Waals surface area contributed by atoms with Gasteiger partial charge in [0.2, 0.25) is 10.0 Å². The summed E-state index contributed by atoms with van der Waals surface area (Å²) >= 11 is 5.89. The van der Waals surface area contributed by atoms with Crippen LogP contribution in [-0.4, -0.2) is 14.5 Å². The first-order valence-corrected chi connectivity index (χ1v) is 7.32. The van der Waals surface area contributed by atoms with Crippen LogP contribution in [0.4, 0.5) is 5.69 Å². The van der Waals surface area contributed by atoms with Gasteiger partial charge in [-0.05, 0) is 30.9 Å².